The summed E-state index contributed by atoms with van der Waals surface area (Å²) in [7, 11) is 1.68. The van der Waals surface area contributed by atoms with Crippen molar-refractivity contribution < 1.29 is 14.3 Å². The van der Waals surface area contributed by atoms with Gasteiger partial charge in [0.2, 0.25) is 0 Å². The number of rotatable bonds is 4. The summed E-state index contributed by atoms with van der Waals surface area (Å²) in [6, 6.07) is 4.66. The van der Waals surface area contributed by atoms with Gasteiger partial charge in [0, 0.05) is 12.7 Å². The highest BCUT2D eigenvalue weighted by Crippen LogP contribution is 2.16. The second-order valence-electron chi connectivity index (χ2n) is 4.25. The Morgan fingerprint density at radius 3 is 2.89 bits per heavy atom. The van der Waals surface area contributed by atoms with Crippen LogP contribution in [0.3, 0.4) is 0 Å². The lowest BCUT2D eigenvalue weighted by Crippen LogP contribution is -2.10. The molecule has 0 saturated heterocycles. The van der Waals surface area contributed by atoms with Crippen molar-refractivity contribution in [1.82, 2.24) is 9.78 Å². The van der Waals surface area contributed by atoms with E-state index in [4.69, 9.17) is 5.11 Å². The van der Waals surface area contributed by atoms with Crippen molar-refractivity contribution in [2.24, 2.45) is 7.05 Å². The highest BCUT2D eigenvalue weighted by molar-refractivity contribution is 5.88. The first kappa shape index (κ1) is 13.1. The Labute approximate surface area is 109 Å². The molecule has 0 bridgehead atoms. The van der Waals surface area contributed by atoms with Crippen molar-refractivity contribution in [3.63, 3.8) is 0 Å². The molecule has 1 aromatic heterocycles. The molecule has 2 N–H and O–H groups in total. The number of aromatic carboxylic acids is 1. The van der Waals surface area contributed by atoms with E-state index >= 15 is 0 Å². The molecule has 0 spiro atoms. The minimum atomic E-state index is -1.01. The van der Waals surface area contributed by atoms with Gasteiger partial charge in [-0.1, -0.05) is 0 Å². The molecule has 100 valence electrons. The van der Waals surface area contributed by atoms with Gasteiger partial charge in [-0.05, 0) is 30.7 Å². The Balaban J connectivity index is 2.16. The van der Waals surface area contributed by atoms with Gasteiger partial charge < -0.3 is 10.4 Å². The number of aryl methyl sites for hydroxylation is 2. The monoisotopic (exact) mass is 263 g/mol. The van der Waals surface area contributed by atoms with Crippen molar-refractivity contribution in [2.45, 2.75) is 13.5 Å². The maximum absolute atomic E-state index is 13.1. The van der Waals surface area contributed by atoms with Gasteiger partial charge in [-0.25, -0.2) is 9.18 Å². The van der Waals surface area contributed by atoms with Crippen LogP contribution in [0.15, 0.2) is 24.4 Å². The summed E-state index contributed by atoms with van der Waals surface area (Å²) in [5, 5.41) is 16.0. The van der Waals surface area contributed by atoms with Crippen LogP contribution >= 0.6 is 0 Å². The standard InChI is InChI=1S/C13H14FN3O2/c1-8-5-9(3-4-11(8)14)15-7-12-10(13(18)19)6-16-17(12)2/h3-6,15H,7H2,1-2H3,(H,18,19). The van der Waals surface area contributed by atoms with Gasteiger partial charge in [0.25, 0.3) is 0 Å². The van der Waals surface area contributed by atoms with Crippen molar-refractivity contribution in [3.05, 3.63) is 47.0 Å². The van der Waals surface area contributed by atoms with Crippen LogP contribution in [0.2, 0.25) is 0 Å². The molecule has 6 heteroatoms. The van der Waals surface area contributed by atoms with Gasteiger partial charge >= 0.3 is 5.97 Å². The fourth-order valence-corrected chi connectivity index (χ4v) is 1.79. The number of aromatic nitrogens is 2. The van der Waals surface area contributed by atoms with Crippen molar-refractivity contribution in [1.29, 1.82) is 0 Å². The highest BCUT2D eigenvalue weighted by atomic mass is 19.1. The zero-order valence-corrected chi connectivity index (χ0v) is 10.6. The van der Waals surface area contributed by atoms with Gasteiger partial charge in [0.15, 0.2) is 0 Å². The summed E-state index contributed by atoms with van der Waals surface area (Å²) in [4.78, 5) is 11.0. The first-order chi connectivity index (χ1) is 8.99. The summed E-state index contributed by atoms with van der Waals surface area (Å²) in [6.45, 7) is 1.98. The molecular weight excluding hydrogens is 249 g/mol. The second kappa shape index (κ2) is 5.09. The third kappa shape index (κ3) is 2.73. The van der Waals surface area contributed by atoms with E-state index in [9.17, 15) is 9.18 Å². The Morgan fingerprint density at radius 2 is 2.26 bits per heavy atom. The third-order valence-electron chi connectivity index (χ3n) is 2.91. The molecule has 1 aromatic carbocycles. The average molecular weight is 263 g/mol. The molecule has 0 fully saturated rings. The topological polar surface area (TPSA) is 67.2 Å². The number of nitrogens with one attached hydrogen (secondary N) is 1. The Morgan fingerprint density at radius 1 is 1.53 bits per heavy atom. The van der Waals surface area contributed by atoms with Gasteiger partial charge in [-0.15, -0.1) is 0 Å². The van der Waals surface area contributed by atoms with Crippen LogP contribution in [-0.4, -0.2) is 20.9 Å². The summed E-state index contributed by atoms with van der Waals surface area (Å²) in [5.41, 5.74) is 1.99. The quantitative estimate of drug-likeness (QED) is 0.887. The Kier molecular flexibility index (Phi) is 3.50. The molecule has 0 unspecified atom stereocenters. The normalized spacial score (nSPS) is 10.5. The molecule has 0 aliphatic carbocycles. The van der Waals surface area contributed by atoms with Crippen LogP contribution in [0, 0.1) is 12.7 Å². The molecule has 5 nitrogen and oxygen atoms in total. The third-order valence-corrected chi connectivity index (χ3v) is 2.91. The number of anilines is 1. The van der Waals surface area contributed by atoms with Crippen molar-refractivity contribution in [3.8, 4) is 0 Å². The number of halogens is 1. The molecule has 0 aliphatic heterocycles. The van der Waals surface area contributed by atoms with E-state index in [0.29, 0.717) is 17.8 Å². The van der Waals surface area contributed by atoms with E-state index in [-0.39, 0.29) is 11.4 Å². The average Bonchev–Trinajstić information content (AvgIpc) is 2.72. The number of hydrogen-bond acceptors (Lipinski definition) is 3. The maximum atomic E-state index is 13.1. The minimum Gasteiger partial charge on any atom is -0.478 e. The fraction of sp³-hybridized carbons (Fsp3) is 0.231. The first-order valence-electron chi connectivity index (χ1n) is 5.73. The molecule has 0 amide bonds. The van der Waals surface area contributed by atoms with Crippen LogP contribution < -0.4 is 5.32 Å². The van der Waals surface area contributed by atoms with Crippen LogP contribution in [0.4, 0.5) is 10.1 Å². The zero-order valence-electron chi connectivity index (χ0n) is 10.6. The predicted octanol–water partition coefficient (Wildman–Crippen LogP) is 2.18. The molecule has 2 aromatic rings. The van der Waals surface area contributed by atoms with Gasteiger partial charge in [-0.2, -0.15) is 5.10 Å². The minimum absolute atomic E-state index is 0.161. The van der Waals surface area contributed by atoms with Crippen LogP contribution in [0.5, 0.6) is 0 Å². The first-order valence-corrected chi connectivity index (χ1v) is 5.73. The van der Waals surface area contributed by atoms with E-state index in [1.54, 1.807) is 26.1 Å². The van der Waals surface area contributed by atoms with Gasteiger partial charge in [-0.3, -0.25) is 4.68 Å². The molecule has 1 heterocycles. The van der Waals surface area contributed by atoms with E-state index in [0.717, 1.165) is 5.69 Å². The summed E-state index contributed by atoms with van der Waals surface area (Å²) < 4.78 is 14.6. The Hall–Kier alpha value is -2.37. The van der Waals surface area contributed by atoms with Gasteiger partial charge in [0.05, 0.1) is 18.4 Å². The lowest BCUT2D eigenvalue weighted by molar-refractivity contribution is 0.0695. The number of carbonyl (C=O) groups is 1. The number of benzene rings is 1. The number of nitrogens with zero attached hydrogens (tertiary/aromatic N) is 2. The molecule has 0 saturated carbocycles. The fourth-order valence-electron chi connectivity index (χ4n) is 1.79. The van der Waals surface area contributed by atoms with Crippen molar-refractivity contribution in [2.75, 3.05) is 5.32 Å². The Bertz CT molecular complexity index is 622. The maximum Gasteiger partial charge on any atom is 0.339 e. The molecular formula is C13H14FN3O2. The number of carboxylic acid groups (broad SMARTS) is 1. The lowest BCUT2D eigenvalue weighted by Gasteiger charge is -2.09. The largest absolute Gasteiger partial charge is 0.478 e. The van der Waals surface area contributed by atoms with E-state index in [2.05, 4.69) is 10.4 Å². The molecule has 19 heavy (non-hydrogen) atoms. The molecule has 0 aliphatic rings. The van der Waals surface area contributed by atoms with E-state index in [1.807, 2.05) is 0 Å². The van der Waals surface area contributed by atoms with Gasteiger partial charge in [0.1, 0.15) is 11.4 Å². The molecule has 2 rings (SSSR count). The summed E-state index contributed by atoms with van der Waals surface area (Å²) in [5.74, 6) is -1.28. The molecule has 0 atom stereocenters. The lowest BCUT2D eigenvalue weighted by atomic mass is 10.2. The SMILES string of the molecule is Cc1cc(NCc2c(C(=O)O)cnn2C)ccc1F. The summed E-state index contributed by atoms with van der Waals surface area (Å²) in [6.07, 6.45) is 1.31. The smallest absolute Gasteiger partial charge is 0.339 e. The predicted molar refractivity (Wildman–Crippen MR) is 68.6 cm³/mol. The van der Waals surface area contributed by atoms with E-state index < -0.39 is 5.97 Å². The number of carboxylic acids is 1. The van der Waals surface area contributed by atoms with E-state index in [1.165, 1.54) is 16.9 Å². The van der Waals surface area contributed by atoms with Crippen LogP contribution in [-0.2, 0) is 13.6 Å². The van der Waals surface area contributed by atoms with Crippen molar-refractivity contribution >= 4 is 11.7 Å². The number of hydrogen-bond donors (Lipinski definition) is 2. The molecule has 0 radical (unpaired) electrons. The highest BCUT2D eigenvalue weighted by Gasteiger charge is 2.14. The van der Waals surface area contributed by atoms with Crippen LogP contribution in [0.1, 0.15) is 21.6 Å². The zero-order chi connectivity index (χ0) is 14.0. The summed E-state index contributed by atoms with van der Waals surface area (Å²) >= 11 is 0. The second-order valence-corrected chi connectivity index (χ2v) is 4.25. The van der Waals surface area contributed by atoms with Crippen LogP contribution in [0.25, 0.3) is 0 Å².